The normalized spacial score (nSPS) is 12.1. The number of benzene rings is 1. The van der Waals surface area contributed by atoms with Crippen LogP contribution in [0.2, 0.25) is 0 Å². The van der Waals surface area contributed by atoms with Crippen LogP contribution in [0.15, 0.2) is 52.0 Å². The van der Waals surface area contributed by atoms with Crippen molar-refractivity contribution in [2.75, 3.05) is 6.26 Å². The quantitative estimate of drug-likeness (QED) is 0.917. The Balaban J connectivity index is 1.98. The van der Waals surface area contributed by atoms with E-state index in [9.17, 15) is 9.00 Å². The lowest BCUT2D eigenvalue weighted by atomic mass is 10.2. The SMILES string of the molecule is C[S@](=O)c1ccc(C(=O)NCc2ccco2)cc1. The van der Waals surface area contributed by atoms with Crippen molar-refractivity contribution in [1.82, 2.24) is 5.32 Å². The second kappa shape index (κ2) is 5.64. The van der Waals surface area contributed by atoms with Crippen LogP contribution < -0.4 is 5.32 Å². The van der Waals surface area contributed by atoms with Crippen LogP contribution in [0.4, 0.5) is 0 Å². The van der Waals surface area contributed by atoms with E-state index in [0.717, 1.165) is 0 Å². The number of amides is 1. The van der Waals surface area contributed by atoms with E-state index < -0.39 is 10.8 Å². The summed E-state index contributed by atoms with van der Waals surface area (Å²) in [5.41, 5.74) is 0.538. The van der Waals surface area contributed by atoms with Crippen LogP contribution in [0, 0.1) is 0 Å². The summed E-state index contributed by atoms with van der Waals surface area (Å²) in [7, 11) is -1.03. The van der Waals surface area contributed by atoms with Gasteiger partial charge in [0, 0.05) is 27.5 Å². The molecule has 4 nitrogen and oxygen atoms in total. The van der Waals surface area contributed by atoms with Crippen molar-refractivity contribution in [1.29, 1.82) is 0 Å². The molecule has 0 aliphatic heterocycles. The summed E-state index contributed by atoms with van der Waals surface area (Å²) in [6.07, 6.45) is 3.17. The van der Waals surface area contributed by atoms with Crippen molar-refractivity contribution in [3.05, 3.63) is 54.0 Å². The van der Waals surface area contributed by atoms with Gasteiger partial charge in [0.2, 0.25) is 0 Å². The molecule has 2 rings (SSSR count). The second-order valence-corrected chi connectivity index (χ2v) is 5.12. The van der Waals surface area contributed by atoms with E-state index in [1.54, 1.807) is 48.9 Å². The minimum absolute atomic E-state index is 0.181. The molecule has 0 aliphatic rings. The van der Waals surface area contributed by atoms with Gasteiger partial charge in [0.15, 0.2) is 0 Å². The van der Waals surface area contributed by atoms with Crippen LogP contribution in [-0.4, -0.2) is 16.4 Å². The van der Waals surface area contributed by atoms with E-state index in [4.69, 9.17) is 4.42 Å². The predicted octanol–water partition coefficient (Wildman–Crippen LogP) is 1.95. The van der Waals surface area contributed by atoms with Gasteiger partial charge in [-0.1, -0.05) is 0 Å². The summed E-state index contributed by atoms with van der Waals surface area (Å²) >= 11 is 0. The van der Waals surface area contributed by atoms with Crippen LogP contribution >= 0.6 is 0 Å². The first-order valence-corrected chi connectivity index (χ1v) is 6.96. The fraction of sp³-hybridized carbons (Fsp3) is 0.154. The monoisotopic (exact) mass is 263 g/mol. The standard InChI is InChI=1S/C13H13NO3S/c1-18(16)12-6-4-10(5-7-12)13(15)14-9-11-3-2-8-17-11/h2-8H,9H2,1H3,(H,14,15)/t18-/m0/s1. The first-order valence-electron chi connectivity index (χ1n) is 5.41. The maximum absolute atomic E-state index is 11.8. The number of carbonyl (C=O) groups excluding carboxylic acids is 1. The molecule has 0 aliphatic carbocycles. The smallest absolute Gasteiger partial charge is 0.251 e. The molecule has 1 amide bonds. The summed E-state index contributed by atoms with van der Waals surface area (Å²) in [6, 6.07) is 10.3. The maximum atomic E-state index is 11.8. The Kier molecular flexibility index (Phi) is 3.94. The van der Waals surface area contributed by atoms with Gasteiger partial charge in [0.25, 0.3) is 5.91 Å². The molecule has 2 aromatic rings. The van der Waals surface area contributed by atoms with Crippen LogP contribution in [0.25, 0.3) is 0 Å². The Morgan fingerprint density at radius 1 is 1.28 bits per heavy atom. The molecule has 5 heteroatoms. The highest BCUT2D eigenvalue weighted by Crippen LogP contribution is 2.08. The van der Waals surface area contributed by atoms with E-state index >= 15 is 0 Å². The molecule has 0 radical (unpaired) electrons. The molecule has 18 heavy (non-hydrogen) atoms. The van der Waals surface area contributed by atoms with Crippen LogP contribution in [-0.2, 0) is 17.3 Å². The van der Waals surface area contributed by atoms with Gasteiger partial charge in [-0.05, 0) is 36.4 Å². The van der Waals surface area contributed by atoms with Crippen molar-refractivity contribution < 1.29 is 13.4 Å². The third-order valence-electron chi connectivity index (χ3n) is 2.45. The topological polar surface area (TPSA) is 59.3 Å². The molecule has 1 aromatic carbocycles. The maximum Gasteiger partial charge on any atom is 0.251 e. The molecule has 0 unspecified atom stereocenters. The Morgan fingerprint density at radius 2 is 2.00 bits per heavy atom. The van der Waals surface area contributed by atoms with Gasteiger partial charge >= 0.3 is 0 Å². The minimum atomic E-state index is -1.03. The van der Waals surface area contributed by atoms with Gasteiger partial charge < -0.3 is 9.73 Å². The largest absolute Gasteiger partial charge is 0.467 e. The molecule has 1 heterocycles. The first-order chi connectivity index (χ1) is 8.66. The van der Waals surface area contributed by atoms with Gasteiger partial charge in [0.05, 0.1) is 12.8 Å². The molecule has 0 bridgehead atoms. The summed E-state index contributed by atoms with van der Waals surface area (Å²) in [6.45, 7) is 0.354. The Labute approximate surface area is 107 Å². The highest BCUT2D eigenvalue weighted by molar-refractivity contribution is 7.84. The van der Waals surface area contributed by atoms with Crippen LogP contribution in [0.3, 0.4) is 0 Å². The first kappa shape index (κ1) is 12.6. The number of furan rings is 1. The van der Waals surface area contributed by atoms with Crippen molar-refractivity contribution in [2.24, 2.45) is 0 Å². The summed E-state index contributed by atoms with van der Waals surface area (Å²) in [4.78, 5) is 12.5. The fourth-order valence-corrected chi connectivity index (χ4v) is 2.00. The lowest BCUT2D eigenvalue weighted by Gasteiger charge is -2.04. The zero-order chi connectivity index (χ0) is 13.0. The van der Waals surface area contributed by atoms with Gasteiger partial charge in [-0.3, -0.25) is 9.00 Å². The number of hydrogen-bond acceptors (Lipinski definition) is 3. The second-order valence-electron chi connectivity index (χ2n) is 3.74. The number of rotatable bonds is 4. The molecule has 0 spiro atoms. The average Bonchev–Trinajstić information content (AvgIpc) is 2.89. The number of hydrogen-bond donors (Lipinski definition) is 1. The fourth-order valence-electron chi connectivity index (χ4n) is 1.48. The highest BCUT2D eigenvalue weighted by Gasteiger charge is 2.06. The third-order valence-corrected chi connectivity index (χ3v) is 3.39. The molecule has 0 fully saturated rings. The van der Waals surface area contributed by atoms with Gasteiger partial charge in [-0.15, -0.1) is 0 Å². The number of nitrogens with one attached hydrogen (secondary N) is 1. The van der Waals surface area contributed by atoms with Gasteiger partial charge in [-0.2, -0.15) is 0 Å². The van der Waals surface area contributed by atoms with Gasteiger partial charge in [0.1, 0.15) is 5.76 Å². The molecular formula is C13H13NO3S. The van der Waals surface area contributed by atoms with Crippen LogP contribution in [0.5, 0.6) is 0 Å². The molecular weight excluding hydrogens is 250 g/mol. The molecule has 0 saturated heterocycles. The van der Waals surface area contributed by atoms with E-state index in [1.165, 1.54) is 0 Å². The van der Waals surface area contributed by atoms with Crippen molar-refractivity contribution in [2.45, 2.75) is 11.4 Å². The molecule has 1 N–H and O–H groups in total. The Bertz CT molecular complexity index is 546. The van der Waals surface area contributed by atoms with Crippen LogP contribution in [0.1, 0.15) is 16.1 Å². The zero-order valence-electron chi connectivity index (χ0n) is 9.88. The van der Waals surface area contributed by atoms with E-state index in [-0.39, 0.29) is 5.91 Å². The molecule has 1 aromatic heterocycles. The lowest BCUT2D eigenvalue weighted by molar-refractivity contribution is 0.0948. The van der Waals surface area contributed by atoms with E-state index in [0.29, 0.717) is 22.8 Å². The summed E-state index contributed by atoms with van der Waals surface area (Å²) < 4.78 is 16.3. The average molecular weight is 263 g/mol. The molecule has 0 saturated carbocycles. The van der Waals surface area contributed by atoms with E-state index in [2.05, 4.69) is 5.32 Å². The third kappa shape index (κ3) is 3.07. The zero-order valence-corrected chi connectivity index (χ0v) is 10.7. The number of carbonyl (C=O) groups is 1. The van der Waals surface area contributed by atoms with Crippen molar-refractivity contribution >= 4 is 16.7 Å². The van der Waals surface area contributed by atoms with E-state index in [1.807, 2.05) is 0 Å². The predicted molar refractivity (Wildman–Crippen MR) is 68.7 cm³/mol. The molecule has 94 valence electrons. The molecule has 1 atom stereocenters. The van der Waals surface area contributed by atoms with Crippen molar-refractivity contribution in [3.63, 3.8) is 0 Å². The summed E-state index contributed by atoms with van der Waals surface area (Å²) in [5.74, 6) is 0.523. The highest BCUT2D eigenvalue weighted by atomic mass is 32.2. The Morgan fingerprint density at radius 3 is 2.56 bits per heavy atom. The summed E-state index contributed by atoms with van der Waals surface area (Å²) in [5, 5.41) is 2.74. The lowest BCUT2D eigenvalue weighted by Crippen LogP contribution is -2.22. The Hall–Kier alpha value is -1.88. The van der Waals surface area contributed by atoms with Gasteiger partial charge in [-0.25, -0.2) is 0 Å². The van der Waals surface area contributed by atoms with Crippen molar-refractivity contribution in [3.8, 4) is 0 Å². The minimum Gasteiger partial charge on any atom is -0.467 e.